The molecule has 0 unspecified atom stereocenters. The molecule has 0 bridgehead atoms. The van der Waals surface area contributed by atoms with Crippen LogP contribution >= 0.6 is 0 Å². The second-order valence-corrected chi connectivity index (χ2v) is 2.75. The molecule has 0 aromatic carbocycles. The predicted molar refractivity (Wildman–Crippen MR) is 49.9 cm³/mol. The van der Waals surface area contributed by atoms with E-state index < -0.39 is 0 Å². The van der Waals surface area contributed by atoms with Crippen molar-refractivity contribution in [2.24, 2.45) is 0 Å². The first-order chi connectivity index (χ1) is 6.90. The van der Waals surface area contributed by atoms with Crippen molar-refractivity contribution in [3.8, 4) is 5.82 Å². The van der Waals surface area contributed by atoms with E-state index in [1.807, 2.05) is 12.3 Å². The molecule has 2 rings (SSSR count). The van der Waals surface area contributed by atoms with Gasteiger partial charge in [0.2, 0.25) is 0 Å². The van der Waals surface area contributed by atoms with Gasteiger partial charge < -0.3 is 4.74 Å². The molecule has 0 amide bonds. The number of aromatic nitrogens is 4. The summed E-state index contributed by atoms with van der Waals surface area (Å²) >= 11 is 0. The number of nitrogens with zero attached hydrogens (tertiary/aromatic N) is 4. The Morgan fingerprint density at radius 1 is 1.43 bits per heavy atom. The average Bonchev–Trinajstić information content (AvgIpc) is 2.68. The molecule has 5 nitrogen and oxygen atoms in total. The van der Waals surface area contributed by atoms with Crippen LogP contribution in [0.1, 0.15) is 5.69 Å². The summed E-state index contributed by atoms with van der Waals surface area (Å²) in [4.78, 5) is 7.91. The van der Waals surface area contributed by atoms with Crippen molar-refractivity contribution in [3.05, 3.63) is 36.5 Å². The number of ether oxygens (including phenoxy) is 1. The number of hydrogen-bond acceptors (Lipinski definition) is 4. The van der Waals surface area contributed by atoms with Crippen LogP contribution in [-0.4, -0.2) is 26.9 Å². The van der Waals surface area contributed by atoms with E-state index in [0.717, 1.165) is 11.5 Å². The van der Waals surface area contributed by atoms with Gasteiger partial charge in [0.25, 0.3) is 0 Å². The van der Waals surface area contributed by atoms with Gasteiger partial charge in [-0.05, 0) is 6.07 Å². The van der Waals surface area contributed by atoms with Crippen molar-refractivity contribution in [2.45, 2.75) is 6.61 Å². The van der Waals surface area contributed by atoms with E-state index in [2.05, 4.69) is 15.1 Å². The van der Waals surface area contributed by atoms with Crippen molar-refractivity contribution < 1.29 is 4.74 Å². The van der Waals surface area contributed by atoms with E-state index in [9.17, 15) is 0 Å². The summed E-state index contributed by atoms with van der Waals surface area (Å²) in [5.41, 5.74) is 0.881. The van der Waals surface area contributed by atoms with Crippen molar-refractivity contribution in [1.82, 2.24) is 19.7 Å². The lowest BCUT2D eigenvalue weighted by molar-refractivity contribution is 0.181. The van der Waals surface area contributed by atoms with E-state index in [0.29, 0.717) is 6.61 Å². The van der Waals surface area contributed by atoms with E-state index in [1.54, 1.807) is 24.1 Å². The highest BCUT2D eigenvalue weighted by Gasteiger charge is 2.00. The fourth-order valence-corrected chi connectivity index (χ4v) is 1.13. The molecule has 0 aliphatic heterocycles. The number of methoxy groups -OCH3 is 1. The smallest absolute Gasteiger partial charge is 0.156 e. The van der Waals surface area contributed by atoms with Crippen LogP contribution in [0.15, 0.2) is 30.9 Å². The molecule has 2 aromatic heterocycles. The second kappa shape index (κ2) is 3.97. The van der Waals surface area contributed by atoms with Crippen LogP contribution < -0.4 is 0 Å². The maximum atomic E-state index is 4.97. The molecule has 0 radical (unpaired) electrons. The topological polar surface area (TPSA) is 52.8 Å². The molecule has 72 valence electrons. The largest absolute Gasteiger partial charge is 0.378 e. The lowest BCUT2D eigenvalue weighted by Crippen LogP contribution is -1.99. The summed E-state index contributed by atoms with van der Waals surface area (Å²) in [5, 5.41) is 4.27. The molecule has 2 heterocycles. The Labute approximate surface area is 81.4 Å². The summed E-state index contributed by atoms with van der Waals surface area (Å²) in [6, 6.07) is 3.69. The minimum absolute atomic E-state index is 0.512. The second-order valence-electron chi connectivity index (χ2n) is 2.75. The highest BCUT2D eigenvalue weighted by atomic mass is 16.5. The summed E-state index contributed by atoms with van der Waals surface area (Å²) in [6.45, 7) is 0.512. The van der Waals surface area contributed by atoms with Gasteiger partial charge in [-0.1, -0.05) is 0 Å². The van der Waals surface area contributed by atoms with E-state index in [1.165, 1.54) is 6.33 Å². The first-order valence-electron chi connectivity index (χ1n) is 4.20. The Kier molecular flexibility index (Phi) is 2.51. The average molecular weight is 190 g/mol. The van der Waals surface area contributed by atoms with E-state index >= 15 is 0 Å². The van der Waals surface area contributed by atoms with Crippen LogP contribution in [0.25, 0.3) is 5.82 Å². The molecule has 0 fully saturated rings. The van der Waals surface area contributed by atoms with Crippen LogP contribution in [-0.2, 0) is 11.3 Å². The SMILES string of the molecule is COCc1ccn(-c2ccncn2)n1. The molecule has 0 spiro atoms. The Morgan fingerprint density at radius 3 is 3.07 bits per heavy atom. The molecule has 14 heavy (non-hydrogen) atoms. The van der Waals surface area contributed by atoms with Gasteiger partial charge >= 0.3 is 0 Å². The molecule has 0 saturated heterocycles. The van der Waals surface area contributed by atoms with Crippen molar-refractivity contribution in [2.75, 3.05) is 7.11 Å². The quantitative estimate of drug-likeness (QED) is 0.718. The third kappa shape index (κ3) is 1.77. The maximum absolute atomic E-state index is 4.97. The number of hydrogen-bond donors (Lipinski definition) is 0. The highest BCUT2D eigenvalue weighted by molar-refractivity contribution is 5.18. The van der Waals surface area contributed by atoms with Crippen LogP contribution in [0.5, 0.6) is 0 Å². The van der Waals surface area contributed by atoms with Crippen LogP contribution in [0.4, 0.5) is 0 Å². The molecule has 0 saturated carbocycles. The molecule has 2 aromatic rings. The zero-order chi connectivity index (χ0) is 9.80. The van der Waals surface area contributed by atoms with E-state index in [4.69, 9.17) is 4.74 Å². The van der Waals surface area contributed by atoms with Gasteiger partial charge in [-0.15, -0.1) is 0 Å². The molecular weight excluding hydrogens is 180 g/mol. The monoisotopic (exact) mass is 190 g/mol. The van der Waals surface area contributed by atoms with Crippen molar-refractivity contribution >= 4 is 0 Å². The lowest BCUT2D eigenvalue weighted by Gasteiger charge is -1.97. The summed E-state index contributed by atoms with van der Waals surface area (Å²) in [6.07, 6.45) is 5.02. The Balaban J connectivity index is 2.25. The normalized spacial score (nSPS) is 10.4. The van der Waals surface area contributed by atoms with Gasteiger partial charge in [-0.3, -0.25) is 0 Å². The van der Waals surface area contributed by atoms with Gasteiger partial charge in [0.05, 0.1) is 12.3 Å². The van der Waals surface area contributed by atoms with Crippen LogP contribution in [0.2, 0.25) is 0 Å². The third-order valence-corrected chi connectivity index (χ3v) is 1.74. The maximum Gasteiger partial charge on any atom is 0.156 e. The summed E-state index contributed by atoms with van der Waals surface area (Å²) in [5.74, 6) is 0.752. The third-order valence-electron chi connectivity index (χ3n) is 1.74. The summed E-state index contributed by atoms with van der Waals surface area (Å²) in [7, 11) is 1.64. The fraction of sp³-hybridized carbons (Fsp3) is 0.222. The summed E-state index contributed by atoms with van der Waals surface area (Å²) < 4.78 is 6.66. The van der Waals surface area contributed by atoms with Crippen molar-refractivity contribution in [1.29, 1.82) is 0 Å². The van der Waals surface area contributed by atoms with Gasteiger partial charge in [-0.2, -0.15) is 5.10 Å². The van der Waals surface area contributed by atoms with Crippen LogP contribution in [0, 0.1) is 0 Å². The zero-order valence-electron chi connectivity index (χ0n) is 7.79. The van der Waals surface area contributed by atoms with Crippen molar-refractivity contribution in [3.63, 3.8) is 0 Å². The fourth-order valence-electron chi connectivity index (χ4n) is 1.13. The van der Waals surface area contributed by atoms with Crippen LogP contribution in [0.3, 0.4) is 0 Å². The zero-order valence-corrected chi connectivity index (χ0v) is 7.79. The molecule has 5 heteroatoms. The van der Waals surface area contributed by atoms with Gasteiger partial charge in [0, 0.05) is 25.6 Å². The Bertz CT molecular complexity index is 398. The highest BCUT2D eigenvalue weighted by Crippen LogP contribution is 2.03. The minimum atomic E-state index is 0.512. The standard InChI is InChI=1S/C9H10N4O/c1-14-6-8-3-5-13(12-8)9-2-4-10-7-11-9/h2-5,7H,6H2,1H3. The molecule has 0 atom stereocenters. The first-order valence-corrected chi connectivity index (χ1v) is 4.20. The molecule has 0 aliphatic rings. The van der Waals surface area contributed by atoms with E-state index in [-0.39, 0.29) is 0 Å². The Hall–Kier alpha value is -1.75. The lowest BCUT2D eigenvalue weighted by atomic mass is 10.5. The number of rotatable bonds is 3. The predicted octanol–water partition coefficient (Wildman–Crippen LogP) is 0.809. The van der Waals surface area contributed by atoms with Gasteiger partial charge in [0.15, 0.2) is 5.82 Å². The molecule has 0 aliphatic carbocycles. The Morgan fingerprint density at radius 2 is 2.36 bits per heavy atom. The first kappa shape index (κ1) is 8.83. The molecular formula is C9H10N4O. The molecule has 0 N–H and O–H groups in total. The minimum Gasteiger partial charge on any atom is -0.378 e. The van der Waals surface area contributed by atoms with Gasteiger partial charge in [-0.25, -0.2) is 14.6 Å². The van der Waals surface area contributed by atoms with Gasteiger partial charge in [0.1, 0.15) is 6.33 Å².